The quantitative estimate of drug-likeness (QED) is 0.269. The second kappa shape index (κ2) is 7.77. The van der Waals surface area contributed by atoms with Crippen LogP contribution in [0.25, 0.3) is 44.7 Å². The predicted octanol–water partition coefficient (Wildman–Crippen LogP) is 6.78. The first-order valence-electron chi connectivity index (χ1n) is 12.2. The van der Waals surface area contributed by atoms with Gasteiger partial charge in [0.05, 0.1) is 25.5 Å². The number of furan rings is 1. The third kappa shape index (κ3) is 3.93. The molecule has 2 aromatic carbocycles. The SMILES string of the molecule is Cc1ccc2c(oc3ccc(-c4nc(C(C)(C)C)cc(C(C)(C)C)n4)cc32)c1-c1n(C)cc[n+]1C. The van der Waals surface area contributed by atoms with E-state index in [1.165, 1.54) is 5.56 Å². The Morgan fingerprint density at radius 3 is 2.09 bits per heavy atom. The molecule has 0 fully saturated rings. The van der Waals surface area contributed by atoms with Crippen molar-refractivity contribution in [2.24, 2.45) is 14.1 Å². The van der Waals surface area contributed by atoms with Gasteiger partial charge in [-0.3, -0.25) is 0 Å². The molecule has 0 aliphatic rings. The van der Waals surface area contributed by atoms with Gasteiger partial charge in [-0.15, -0.1) is 0 Å². The summed E-state index contributed by atoms with van der Waals surface area (Å²) in [4.78, 5) is 10.0. The smallest absolute Gasteiger partial charge is 0.292 e. The second-order valence-corrected chi connectivity index (χ2v) is 11.8. The number of rotatable bonds is 2. The molecular formula is C30H35N4O+. The van der Waals surface area contributed by atoms with Gasteiger partial charge in [0.1, 0.15) is 23.5 Å². The van der Waals surface area contributed by atoms with Crippen LogP contribution in [0, 0.1) is 6.92 Å². The van der Waals surface area contributed by atoms with E-state index in [4.69, 9.17) is 14.4 Å². The summed E-state index contributed by atoms with van der Waals surface area (Å²) in [6, 6.07) is 12.8. The molecule has 0 unspecified atom stereocenters. The van der Waals surface area contributed by atoms with Crippen LogP contribution in [-0.4, -0.2) is 14.5 Å². The van der Waals surface area contributed by atoms with Crippen molar-refractivity contribution in [3.8, 4) is 22.8 Å². The Labute approximate surface area is 207 Å². The van der Waals surface area contributed by atoms with Crippen LogP contribution in [0.3, 0.4) is 0 Å². The standard InChI is InChI=1S/C30H35N4O/c1-18-10-12-20-21-16-19(27-31-23(29(2,3)4)17-24(32-27)30(5,6)7)11-13-22(21)35-26(20)25(18)28-33(8)14-15-34(28)9/h10-17H,1-9H3/q+1. The van der Waals surface area contributed by atoms with E-state index in [9.17, 15) is 0 Å². The Morgan fingerprint density at radius 1 is 0.857 bits per heavy atom. The average Bonchev–Trinajstić information content (AvgIpc) is 3.31. The lowest BCUT2D eigenvalue weighted by molar-refractivity contribution is -0.659. The zero-order valence-electron chi connectivity index (χ0n) is 22.3. The number of benzene rings is 2. The van der Waals surface area contributed by atoms with Crippen molar-refractivity contribution in [1.29, 1.82) is 0 Å². The number of imidazole rings is 1. The maximum absolute atomic E-state index is 6.48. The third-order valence-corrected chi connectivity index (χ3v) is 6.77. The molecule has 5 aromatic rings. The second-order valence-electron chi connectivity index (χ2n) is 11.8. The molecular weight excluding hydrogens is 432 g/mol. The Hall–Kier alpha value is -3.47. The lowest BCUT2D eigenvalue weighted by atomic mass is 9.86. The fourth-order valence-corrected chi connectivity index (χ4v) is 4.64. The molecule has 0 saturated heterocycles. The van der Waals surface area contributed by atoms with Gasteiger partial charge in [0, 0.05) is 27.2 Å². The zero-order chi connectivity index (χ0) is 25.3. The zero-order valence-corrected chi connectivity index (χ0v) is 22.3. The van der Waals surface area contributed by atoms with Gasteiger partial charge in [0.2, 0.25) is 0 Å². The highest BCUT2D eigenvalue weighted by molar-refractivity contribution is 6.10. The minimum Gasteiger partial charge on any atom is -0.455 e. The number of aryl methyl sites for hydroxylation is 3. The van der Waals surface area contributed by atoms with Gasteiger partial charge in [-0.25, -0.2) is 19.1 Å². The van der Waals surface area contributed by atoms with Crippen molar-refractivity contribution in [1.82, 2.24) is 14.5 Å². The van der Waals surface area contributed by atoms with Gasteiger partial charge in [-0.05, 0) is 36.8 Å². The minimum atomic E-state index is -0.0683. The third-order valence-electron chi connectivity index (χ3n) is 6.77. The molecule has 0 radical (unpaired) electrons. The molecule has 0 atom stereocenters. The van der Waals surface area contributed by atoms with Gasteiger partial charge < -0.3 is 4.42 Å². The summed E-state index contributed by atoms with van der Waals surface area (Å²) < 4.78 is 10.8. The molecule has 35 heavy (non-hydrogen) atoms. The Balaban J connectivity index is 1.76. The van der Waals surface area contributed by atoms with Crippen molar-refractivity contribution in [3.05, 3.63) is 65.7 Å². The Bertz CT molecular complexity index is 1540. The number of fused-ring (bicyclic) bond motifs is 3. The summed E-state index contributed by atoms with van der Waals surface area (Å²) in [6.45, 7) is 15.3. The molecule has 0 saturated carbocycles. The van der Waals surface area contributed by atoms with E-state index in [-0.39, 0.29) is 10.8 Å². The van der Waals surface area contributed by atoms with Crippen molar-refractivity contribution < 1.29 is 8.98 Å². The van der Waals surface area contributed by atoms with E-state index >= 15 is 0 Å². The molecule has 5 rings (SSSR count). The summed E-state index contributed by atoms with van der Waals surface area (Å²) in [5.41, 5.74) is 7.06. The summed E-state index contributed by atoms with van der Waals surface area (Å²) >= 11 is 0. The fourth-order valence-electron chi connectivity index (χ4n) is 4.64. The maximum Gasteiger partial charge on any atom is 0.292 e. The van der Waals surface area contributed by atoms with E-state index in [0.717, 1.165) is 56.1 Å². The molecule has 0 N–H and O–H groups in total. The average molecular weight is 468 g/mol. The topological polar surface area (TPSA) is 47.7 Å². The molecule has 0 spiro atoms. The highest BCUT2D eigenvalue weighted by Gasteiger charge is 2.25. The molecule has 0 aliphatic heterocycles. The lowest BCUT2D eigenvalue weighted by Crippen LogP contribution is -2.29. The van der Waals surface area contributed by atoms with Gasteiger partial charge >= 0.3 is 0 Å². The monoisotopic (exact) mass is 467 g/mol. The van der Waals surface area contributed by atoms with Crippen molar-refractivity contribution in [3.63, 3.8) is 0 Å². The maximum atomic E-state index is 6.48. The molecule has 5 heteroatoms. The number of hydrogen-bond donors (Lipinski definition) is 0. The first-order valence-corrected chi connectivity index (χ1v) is 12.2. The van der Waals surface area contributed by atoms with Crippen LogP contribution in [0.5, 0.6) is 0 Å². The van der Waals surface area contributed by atoms with Gasteiger partial charge in [0.25, 0.3) is 5.82 Å². The molecule has 0 bridgehead atoms. The molecule has 3 heterocycles. The summed E-state index contributed by atoms with van der Waals surface area (Å²) in [5, 5.41) is 2.18. The molecule has 0 aliphatic carbocycles. The van der Waals surface area contributed by atoms with E-state index in [1.807, 2.05) is 0 Å². The van der Waals surface area contributed by atoms with E-state index < -0.39 is 0 Å². The van der Waals surface area contributed by atoms with Gasteiger partial charge in [0.15, 0.2) is 11.4 Å². The van der Waals surface area contributed by atoms with Crippen molar-refractivity contribution in [2.75, 3.05) is 0 Å². The van der Waals surface area contributed by atoms with Crippen LogP contribution in [0.1, 0.15) is 58.5 Å². The first-order chi connectivity index (χ1) is 16.3. The summed E-state index contributed by atoms with van der Waals surface area (Å²) in [6.07, 6.45) is 4.14. The van der Waals surface area contributed by atoms with Crippen LogP contribution in [0.15, 0.2) is 53.2 Å². The van der Waals surface area contributed by atoms with E-state index in [1.54, 1.807) is 0 Å². The van der Waals surface area contributed by atoms with E-state index in [2.05, 4.69) is 120 Å². The Morgan fingerprint density at radius 2 is 1.51 bits per heavy atom. The van der Waals surface area contributed by atoms with Crippen LogP contribution in [0.2, 0.25) is 0 Å². The number of hydrogen-bond acceptors (Lipinski definition) is 3. The first kappa shape index (κ1) is 23.3. The fraction of sp³-hybridized carbons (Fsp3) is 0.367. The molecule has 5 nitrogen and oxygen atoms in total. The normalized spacial score (nSPS) is 12.7. The highest BCUT2D eigenvalue weighted by Crippen LogP contribution is 2.38. The summed E-state index contributed by atoms with van der Waals surface area (Å²) in [7, 11) is 4.14. The van der Waals surface area contributed by atoms with Crippen LogP contribution >= 0.6 is 0 Å². The van der Waals surface area contributed by atoms with Crippen molar-refractivity contribution in [2.45, 2.75) is 59.3 Å². The van der Waals surface area contributed by atoms with Crippen LogP contribution in [0.4, 0.5) is 0 Å². The minimum absolute atomic E-state index is 0.0683. The Kier molecular flexibility index (Phi) is 5.17. The highest BCUT2D eigenvalue weighted by atomic mass is 16.3. The van der Waals surface area contributed by atoms with Gasteiger partial charge in [-0.1, -0.05) is 53.7 Å². The predicted molar refractivity (Wildman–Crippen MR) is 142 cm³/mol. The molecule has 3 aromatic heterocycles. The largest absolute Gasteiger partial charge is 0.455 e. The van der Waals surface area contributed by atoms with Gasteiger partial charge in [-0.2, -0.15) is 0 Å². The number of nitrogens with zero attached hydrogens (tertiary/aromatic N) is 4. The lowest BCUT2D eigenvalue weighted by Gasteiger charge is -2.24. The van der Waals surface area contributed by atoms with E-state index in [0.29, 0.717) is 0 Å². The molecule has 0 amide bonds. The summed E-state index contributed by atoms with van der Waals surface area (Å²) in [5.74, 6) is 1.88. The molecule has 180 valence electrons. The van der Waals surface area contributed by atoms with Crippen LogP contribution in [-0.2, 0) is 24.9 Å². The van der Waals surface area contributed by atoms with Crippen LogP contribution < -0.4 is 4.57 Å². The van der Waals surface area contributed by atoms with Crippen molar-refractivity contribution >= 4 is 21.9 Å². The number of aromatic nitrogens is 4.